The minimum atomic E-state index is -7.59. The molecule has 0 atom stereocenters. The normalized spacial score (nSPS) is 16.5. The zero-order valence-electron chi connectivity index (χ0n) is 8.29. The van der Waals surface area contributed by atoms with Crippen LogP contribution in [-0.2, 0) is 0 Å². The summed E-state index contributed by atoms with van der Waals surface area (Å²) in [6.45, 7) is 0. The third-order valence-corrected chi connectivity index (χ3v) is 3.36. The van der Waals surface area contributed by atoms with Gasteiger partial charge >= 0.3 is 30.4 Å². The average Bonchev–Trinajstić information content (AvgIpc) is 2.10. The zero-order chi connectivity index (χ0) is 17.0. The lowest BCUT2D eigenvalue weighted by Gasteiger charge is -2.41. The number of alkyl halides is 14. The number of rotatable bonds is 2. The Balaban J connectivity index is 6.38. The van der Waals surface area contributed by atoms with Crippen LogP contribution in [0.15, 0.2) is 0 Å². The first-order valence-electron chi connectivity index (χ1n) is 3.90. The first kappa shape index (κ1) is 19.6. The molecule has 0 saturated heterocycles. The topological polar surface area (TPSA) is 0 Å². The van der Waals surface area contributed by atoms with E-state index in [0.29, 0.717) is 15.9 Å². The van der Waals surface area contributed by atoms with Crippen molar-refractivity contribution < 1.29 is 57.1 Å². The van der Waals surface area contributed by atoms with E-state index >= 15 is 0 Å². The quantitative estimate of drug-likeness (QED) is 0.449. The van der Waals surface area contributed by atoms with Crippen molar-refractivity contribution in [3.63, 3.8) is 0 Å². The predicted octanol–water partition coefficient (Wildman–Crippen LogP) is 5.08. The van der Waals surface area contributed by atoms with Crippen LogP contribution in [0.2, 0.25) is 0 Å². The molecule has 0 bridgehead atoms. The Morgan fingerprint density at radius 3 is 0.800 bits per heavy atom. The van der Waals surface area contributed by atoms with E-state index in [4.69, 9.17) is 0 Å². The molecule has 14 heteroatoms. The number of hydrogen-bond donors (Lipinski definition) is 0. The van der Waals surface area contributed by atoms with E-state index in [9.17, 15) is 57.1 Å². The Bertz CT molecular complexity index is 343. The molecule has 0 aromatic carbocycles. The van der Waals surface area contributed by atoms with Crippen LogP contribution in [0.4, 0.5) is 57.1 Å². The van der Waals surface area contributed by atoms with Crippen LogP contribution in [0, 0.1) is 0 Å². The molecule has 0 aliphatic heterocycles. The Labute approximate surface area is 109 Å². The van der Waals surface area contributed by atoms with E-state index < -0.39 is 34.7 Å². The van der Waals surface area contributed by atoms with Gasteiger partial charge in [-0.1, -0.05) is 15.9 Å². The van der Waals surface area contributed by atoms with Gasteiger partial charge in [-0.25, -0.2) is 0 Å². The Morgan fingerprint density at radius 1 is 0.400 bits per heavy atom. The Hall–Kier alpha value is -0.430. The highest BCUT2D eigenvalue weighted by Gasteiger charge is 2.91. The Morgan fingerprint density at radius 2 is 0.650 bits per heavy atom. The third-order valence-electron chi connectivity index (χ3n) is 1.96. The van der Waals surface area contributed by atoms with Crippen molar-refractivity contribution in [3.8, 4) is 0 Å². The summed E-state index contributed by atoms with van der Waals surface area (Å²) < 4.78 is 151. The first-order chi connectivity index (χ1) is 8.25. The van der Waals surface area contributed by atoms with Gasteiger partial charge in [0.1, 0.15) is 0 Å². The lowest BCUT2D eigenvalue weighted by molar-refractivity contribution is -0.404. The fourth-order valence-corrected chi connectivity index (χ4v) is 1.16. The average molecular weight is 399 g/mol. The van der Waals surface area contributed by atoms with Gasteiger partial charge in [0.2, 0.25) is 0 Å². The molecule has 0 N–H and O–H groups in total. The molecule has 20 heavy (non-hydrogen) atoms. The van der Waals surface area contributed by atoms with E-state index in [0.717, 1.165) is 0 Å². The van der Waals surface area contributed by atoms with Gasteiger partial charge in [0.15, 0.2) is 0 Å². The van der Waals surface area contributed by atoms with E-state index in [2.05, 4.69) is 0 Å². The van der Waals surface area contributed by atoms with Gasteiger partial charge in [-0.15, -0.1) is 0 Å². The van der Waals surface area contributed by atoms with Gasteiger partial charge in [-0.05, 0) is 0 Å². The molecule has 0 unspecified atom stereocenters. The highest BCUT2D eigenvalue weighted by atomic mass is 79.9. The van der Waals surface area contributed by atoms with Crippen molar-refractivity contribution in [2.24, 2.45) is 0 Å². The van der Waals surface area contributed by atoms with E-state index in [1.165, 1.54) is 0 Å². The lowest BCUT2D eigenvalue weighted by atomic mass is 9.93. The standard InChI is InChI=1S/C6BrF13/c7-1(4(12,13)14,5(15,16)17)2(8,9)3(10,11)6(18,19)20. The first-order valence-corrected chi connectivity index (χ1v) is 4.69. The van der Waals surface area contributed by atoms with Crippen LogP contribution in [0.1, 0.15) is 0 Å². The van der Waals surface area contributed by atoms with Gasteiger partial charge in [0.05, 0.1) is 0 Å². The van der Waals surface area contributed by atoms with Crippen LogP contribution in [0.25, 0.3) is 0 Å². The van der Waals surface area contributed by atoms with Gasteiger partial charge in [-0.2, -0.15) is 57.1 Å². The second-order valence-electron chi connectivity index (χ2n) is 3.30. The summed E-state index contributed by atoms with van der Waals surface area (Å²) in [5.41, 5.74) is 0. The molecule has 0 heterocycles. The van der Waals surface area contributed by atoms with Crippen LogP contribution in [0.3, 0.4) is 0 Å². The second kappa shape index (κ2) is 4.53. The minimum absolute atomic E-state index is 0.296. The van der Waals surface area contributed by atoms with E-state index in [-0.39, 0.29) is 0 Å². The Kier molecular flexibility index (Phi) is 4.43. The molecule has 0 aromatic heterocycles. The van der Waals surface area contributed by atoms with Crippen molar-refractivity contribution in [2.45, 2.75) is 34.7 Å². The molecule has 0 spiro atoms. The molecule has 0 amide bonds. The summed E-state index contributed by atoms with van der Waals surface area (Å²) in [6, 6.07) is 0. The molecular formula is C6BrF13. The van der Waals surface area contributed by atoms with Crippen molar-refractivity contribution in [1.29, 1.82) is 0 Å². The van der Waals surface area contributed by atoms with Crippen LogP contribution in [-0.4, -0.2) is 34.7 Å². The fourth-order valence-electron chi connectivity index (χ4n) is 0.911. The van der Waals surface area contributed by atoms with Crippen LogP contribution >= 0.6 is 15.9 Å². The maximum absolute atomic E-state index is 12.8. The van der Waals surface area contributed by atoms with Crippen molar-refractivity contribution in [2.75, 3.05) is 0 Å². The monoisotopic (exact) mass is 398 g/mol. The molecule has 0 rings (SSSR count). The number of halogens is 14. The summed E-state index contributed by atoms with van der Waals surface area (Å²) in [7, 11) is 0. The van der Waals surface area contributed by atoms with E-state index in [1.807, 2.05) is 0 Å². The minimum Gasteiger partial charge on any atom is -0.197 e. The SMILES string of the molecule is FC(F)(F)C(F)(F)C(F)(F)C(Br)(C(F)(F)F)C(F)(F)F. The summed E-state index contributed by atoms with van der Waals surface area (Å²) in [6.07, 6.45) is -21.7. The third kappa shape index (κ3) is 2.43. The number of hydrogen-bond acceptors (Lipinski definition) is 0. The largest absolute Gasteiger partial charge is 0.459 e. The lowest BCUT2D eigenvalue weighted by Crippen LogP contribution is -2.71. The van der Waals surface area contributed by atoms with Gasteiger partial charge in [0.25, 0.3) is 4.32 Å². The van der Waals surface area contributed by atoms with Crippen molar-refractivity contribution in [3.05, 3.63) is 0 Å². The van der Waals surface area contributed by atoms with Gasteiger partial charge < -0.3 is 0 Å². The molecule has 0 nitrogen and oxygen atoms in total. The van der Waals surface area contributed by atoms with E-state index in [1.54, 1.807) is 0 Å². The second-order valence-corrected chi connectivity index (χ2v) is 4.49. The molecule has 0 aliphatic carbocycles. The fraction of sp³-hybridized carbons (Fsp3) is 1.00. The molecule has 0 aliphatic rings. The highest BCUT2D eigenvalue weighted by Crippen LogP contribution is 2.64. The van der Waals surface area contributed by atoms with Crippen LogP contribution in [0.5, 0.6) is 0 Å². The zero-order valence-corrected chi connectivity index (χ0v) is 9.88. The predicted molar refractivity (Wildman–Crippen MR) is 39.7 cm³/mol. The molecule has 122 valence electrons. The summed E-state index contributed by atoms with van der Waals surface area (Å²) in [4.78, 5) is 0. The summed E-state index contributed by atoms with van der Waals surface area (Å²) in [5.74, 6) is -15.2. The summed E-state index contributed by atoms with van der Waals surface area (Å²) in [5, 5.41) is 0. The smallest absolute Gasteiger partial charge is 0.197 e. The molecular weight excluding hydrogens is 399 g/mol. The maximum Gasteiger partial charge on any atom is 0.459 e. The summed E-state index contributed by atoms with van der Waals surface area (Å²) >= 11 is 0.296. The molecule has 0 saturated carbocycles. The van der Waals surface area contributed by atoms with Gasteiger partial charge in [0, 0.05) is 0 Å². The maximum atomic E-state index is 12.8. The molecule has 0 fully saturated rings. The molecule has 0 radical (unpaired) electrons. The van der Waals surface area contributed by atoms with Gasteiger partial charge in [-0.3, -0.25) is 0 Å². The highest BCUT2D eigenvalue weighted by molar-refractivity contribution is 9.10. The molecule has 0 aromatic rings. The van der Waals surface area contributed by atoms with Crippen molar-refractivity contribution >= 4 is 15.9 Å². The van der Waals surface area contributed by atoms with Crippen molar-refractivity contribution in [1.82, 2.24) is 0 Å². The van der Waals surface area contributed by atoms with Crippen LogP contribution < -0.4 is 0 Å².